The molecule has 1 aromatic rings. The summed E-state index contributed by atoms with van der Waals surface area (Å²) < 4.78 is 23.0. The molecule has 0 radical (unpaired) electrons. The van der Waals surface area contributed by atoms with Crippen molar-refractivity contribution in [1.82, 2.24) is 0 Å². The highest BCUT2D eigenvalue weighted by Crippen LogP contribution is 2.37. The molecule has 1 aliphatic rings. The van der Waals surface area contributed by atoms with Crippen LogP contribution in [0.3, 0.4) is 0 Å². The molecule has 0 bridgehead atoms. The maximum Gasteiger partial charge on any atom is 0.175 e. The molecular weight excluding hydrogens is 272 g/mol. The van der Waals surface area contributed by atoms with Gasteiger partial charge in [0.1, 0.15) is 0 Å². The molecule has 4 nitrogen and oxygen atoms in total. The number of nitrogens with two attached hydrogens (primary N) is 1. The van der Waals surface area contributed by atoms with Crippen LogP contribution in [0.5, 0.6) is 0 Å². The van der Waals surface area contributed by atoms with Gasteiger partial charge in [-0.25, -0.2) is 8.42 Å². The summed E-state index contributed by atoms with van der Waals surface area (Å²) in [5, 5.41) is 3.46. The van der Waals surface area contributed by atoms with Gasteiger partial charge in [0, 0.05) is 12.3 Å². The summed E-state index contributed by atoms with van der Waals surface area (Å²) in [5.74, 6) is 0. The lowest BCUT2D eigenvalue weighted by molar-refractivity contribution is 0.229. The van der Waals surface area contributed by atoms with Crippen LogP contribution in [0.4, 0.5) is 11.4 Å². The molecule has 0 aliphatic heterocycles. The van der Waals surface area contributed by atoms with Crippen molar-refractivity contribution >= 4 is 21.2 Å². The monoisotopic (exact) mass is 296 g/mol. The molecule has 0 aromatic heterocycles. The first-order valence-electron chi connectivity index (χ1n) is 7.03. The lowest BCUT2D eigenvalue weighted by atomic mass is 9.75. The van der Waals surface area contributed by atoms with Crippen molar-refractivity contribution in [3.63, 3.8) is 0 Å². The van der Waals surface area contributed by atoms with Crippen LogP contribution >= 0.6 is 0 Å². The Morgan fingerprint density at radius 1 is 1.35 bits per heavy atom. The first-order chi connectivity index (χ1) is 9.17. The zero-order valence-corrected chi connectivity index (χ0v) is 13.3. The van der Waals surface area contributed by atoms with Crippen LogP contribution in [0.25, 0.3) is 0 Å². The van der Waals surface area contributed by atoms with Gasteiger partial charge in [0.25, 0.3) is 0 Å². The quantitative estimate of drug-likeness (QED) is 0.841. The van der Waals surface area contributed by atoms with Crippen LogP contribution in [0.2, 0.25) is 0 Å². The molecule has 1 fully saturated rings. The highest BCUT2D eigenvalue weighted by Gasteiger charge is 2.28. The molecule has 0 heterocycles. The second kappa shape index (κ2) is 5.28. The lowest BCUT2D eigenvalue weighted by Gasteiger charge is -2.36. The van der Waals surface area contributed by atoms with E-state index in [1.54, 1.807) is 12.1 Å². The van der Waals surface area contributed by atoms with Crippen molar-refractivity contribution in [3.05, 3.63) is 18.2 Å². The molecule has 0 amide bonds. The van der Waals surface area contributed by atoms with Crippen molar-refractivity contribution in [2.75, 3.05) is 17.3 Å². The summed E-state index contributed by atoms with van der Waals surface area (Å²) in [6, 6.07) is 5.33. The minimum absolute atomic E-state index is 0.268. The molecule has 0 spiro atoms. The van der Waals surface area contributed by atoms with Gasteiger partial charge in [-0.1, -0.05) is 20.3 Å². The molecule has 1 aromatic carbocycles. The van der Waals surface area contributed by atoms with E-state index in [1.165, 1.54) is 25.2 Å². The molecule has 1 atom stereocenters. The summed E-state index contributed by atoms with van der Waals surface area (Å²) in [6.07, 6.45) is 5.91. The van der Waals surface area contributed by atoms with E-state index in [0.29, 0.717) is 17.1 Å². The number of hydrogen-bond donors (Lipinski definition) is 2. The summed E-state index contributed by atoms with van der Waals surface area (Å²) in [4.78, 5) is 0.268. The smallest absolute Gasteiger partial charge is 0.175 e. The predicted molar refractivity (Wildman–Crippen MR) is 83.6 cm³/mol. The lowest BCUT2D eigenvalue weighted by Crippen LogP contribution is -2.32. The van der Waals surface area contributed by atoms with Crippen molar-refractivity contribution < 1.29 is 8.42 Å². The van der Waals surface area contributed by atoms with Gasteiger partial charge in [-0.15, -0.1) is 0 Å². The van der Waals surface area contributed by atoms with E-state index in [9.17, 15) is 8.42 Å². The maximum atomic E-state index is 11.5. The van der Waals surface area contributed by atoms with Crippen LogP contribution in [-0.4, -0.2) is 20.7 Å². The number of sulfone groups is 1. The zero-order chi connectivity index (χ0) is 15.0. The Morgan fingerprint density at radius 2 is 2.05 bits per heavy atom. The average molecular weight is 296 g/mol. The van der Waals surface area contributed by atoms with Gasteiger partial charge >= 0.3 is 0 Å². The summed E-state index contributed by atoms with van der Waals surface area (Å²) in [5.41, 5.74) is 7.66. The van der Waals surface area contributed by atoms with Crippen LogP contribution in [-0.2, 0) is 9.84 Å². The molecule has 112 valence electrons. The van der Waals surface area contributed by atoms with E-state index in [2.05, 4.69) is 19.2 Å². The third kappa shape index (κ3) is 3.66. The van der Waals surface area contributed by atoms with Gasteiger partial charge in [-0.05, 0) is 42.9 Å². The van der Waals surface area contributed by atoms with Crippen LogP contribution in [0.1, 0.15) is 39.5 Å². The fourth-order valence-corrected chi connectivity index (χ4v) is 3.60. The minimum atomic E-state index is -3.20. The Bertz CT molecular complexity index is 594. The molecule has 2 rings (SSSR count). The van der Waals surface area contributed by atoms with Crippen molar-refractivity contribution in [3.8, 4) is 0 Å². The van der Waals surface area contributed by atoms with E-state index in [0.717, 1.165) is 18.5 Å². The molecule has 5 heteroatoms. The second-order valence-corrected chi connectivity index (χ2v) is 8.64. The standard InChI is InChI=1S/C15H24N2O2S/c1-15(2)8-4-5-11(10-15)17-14-7-6-12(9-13(14)16)20(3,18)19/h6-7,9,11,17H,4-5,8,10,16H2,1-3H3. The van der Waals surface area contributed by atoms with Crippen molar-refractivity contribution in [2.45, 2.75) is 50.5 Å². The second-order valence-electron chi connectivity index (χ2n) is 6.62. The molecule has 1 unspecified atom stereocenters. The average Bonchev–Trinajstić information content (AvgIpc) is 2.29. The van der Waals surface area contributed by atoms with Crippen LogP contribution in [0, 0.1) is 5.41 Å². The number of anilines is 2. The van der Waals surface area contributed by atoms with Gasteiger partial charge in [0.2, 0.25) is 0 Å². The number of hydrogen-bond acceptors (Lipinski definition) is 4. The van der Waals surface area contributed by atoms with Crippen molar-refractivity contribution in [2.24, 2.45) is 5.41 Å². The van der Waals surface area contributed by atoms with E-state index in [1.807, 2.05) is 0 Å². The zero-order valence-electron chi connectivity index (χ0n) is 12.4. The minimum Gasteiger partial charge on any atom is -0.397 e. The number of benzene rings is 1. The van der Waals surface area contributed by atoms with Gasteiger partial charge in [-0.3, -0.25) is 0 Å². The fourth-order valence-electron chi connectivity index (χ4n) is 2.94. The number of nitrogens with one attached hydrogen (secondary N) is 1. The molecule has 20 heavy (non-hydrogen) atoms. The molecule has 3 N–H and O–H groups in total. The first-order valence-corrected chi connectivity index (χ1v) is 8.93. The van der Waals surface area contributed by atoms with Gasteiger partial charge < -0.3 is 11.1 Å². The Hall–Kier alpha value is -1.23. The summed E-state index contributed by atoms with van der Waals surface area (Å²) in [7, 11) is -3.20. The van der Waals surface area contributed by atoms with Crippen molar-refractivity contribution in [1.29, 1.82) is 0 Å². The highest BCUT2D eigenvalue weighted by atomic mass is 32.2. The molecule has 1 saturated carbocycles. The SMILES string of the molecule is CC1(C)CCCC(Nc2ccc(S(C)(=O)=O)cc2N)C1. The van der Waals surface area contributed by atoms with Gasteiger partial charge in [0.15, 0.2) is 9.84 Å². The Kier molecular flexibility index (Phi) is 4.00. The predicted octanol–water partition coefficient (Wildman–Crippen LogP) is 3.05. The Labute approximate surface area is 121 Å². The number of rotatable bonds is 3. The van der Waals surface area contributed by atoms with Crippen LogP contribution < -0.4 is 11.1 Å². The van der Waals surface area contributed by atoms with Crippen LogP contribution in [0.15, 0.2) is 23.1 Å². The van der Waals surface area contributed by atoms with E-state index in [4.69, 9.17) is 5.73 Å². The Balaban J connectivity index is 2.14. The Morgan fingerprint density at radius 3 is 2.60 bits per heavy atom. The van der Waals surface area contributed by atoms with E-state index in [-0.39, 0.29) is 4.90 Å². The molecule has 1 aliphatic carbocycles. The summed E-state index contributed by atoms with van der Waals surface area (Å²) in [6.45, 7) is 4.58. The third-order valence-corrected chi connectivity index (χ3v) is 5.13. The largest absolute Gasteiger partial charge is 0.397 e. The first kappa shape index (κ1) is 15.2. The maximum absolute atomic E-state index is 11.5. The highest BCUT2D eigenvalue weighted by molar-refractivity contribution is 7.90. The van der Waals surface area contributed by atoms with Gasteiger partial charge in [-0.2, -0.15) is 0 Å². The third-order valence-electron chi connectivity index (χ3n) is 4.02. The normalized spacial score (nSPS) is 22.4. The topological polar surface area (TPSA) is 72.2 Å². The van der Waals surface area contributed by atoms with E-state index >= 15 is 0 Å². The molecule has 0 saturated heterocycles. The summed E-state index contributed by atoms with van der Waals surface area (Å²) >= 11 is 0. The van der Waals surface area contributed by atoms with Gasteiger partial charge in [0.05, 0.1) is 16.3 Å². The van der Waals surface area contributed by atoms with E-state index < -0.39 is 9.84 Å². The fraction of sp³-hybridized carbons (Fsp3) is 0.600. The molecular formula is C15H24N2O2S. The number of nitrogen functional groups attached to an aromatic ring is 1.